The Balaban J connectivity index is 1.31. The van der Waals surface area contributed by atoms with Crippen molar-refractivity contribution in [1.29, 1.82) is 0 Å². The molecule has 1 aromatic rings. The molecule has 4 N–H and O–H groups in total. The van der Waals surface area contributed by atoms with Gasteiger partial charge in [0, 0.05) is 30.1 Å². The van der Waals surface area contributed by atoms with E-state index in [2.05, 4.69) is 59.7 Å². The molecule has 5 nitrogen and oxygen atoms in total. The first-order valence-electron chi connectivity index (χ1n) is 13.2. The second-order valence-electron chi connectivity index (χ2n) is 10.2. The topological polar surface area (TPSA) is 76.4 Å². The highest BCUT2D eigenvalue weighted by atomic mass is 16.5. The van der Waals surface area contributed by atoms with E-state index in [4.69, 9.17) is 10.5 Å². The molecule has 5 heteroatoms. The molecule has 1 heterocycles. The van der Waals surface area contributed by atoms with Gasteiger partial charge in [-0.05, 0) is 66.9 Å². The maximum Gasteiger partial charge on any atom is 0.251 e. The quantitative estimate of drug-likeness (QED) is 0.341. The Kier molecular flexibility index (Phi) is 7.69. The Bertz CT molecular complexity index is 1110. The van der Waals surface area contributed by atoms with Gasteiger partial charge in [0.15, 0.2) is 0 Å². The van der Waals surface area contributed by atoms with E-state index >= 15 is 0 Å². The van der Waals surface area contributed by atoms with Crippen LogP contribution >= 0.6 is 0 Å². The van der Waals surface area contributed by atoms with Crippen molar-refractivity contribution >= 4 is 11.5 Å². The highest BCUT2D eigenvalue weighted by Crippen LogP contribution is 2.35. The van der Waals surface area contributed by atoms with Gasteiger partial charge in [0.25, 0.3) is 5.91 Å². The van der Waals surface area contributed by atoms with Crippen molar-refractivity contribution in [2.75, 3.05) is 6.54 Å². The molecule has 0 bridgehead atoms. The molecule has 0 spiro atoms. The van der Waals surface area contributed by atoms with E-state index in [-0.39, 0.29) is 36.1 Å². The molecule has 5 rings (SSSR count). The number of hydrogen-bond acceptors (Lipinski definition) is 4. The van der Waals surface area contributed by atoms with Crippen molar-refractivity contribution in [2.24, 2.45) is 23.5 Å². The Morgan fingerprint density at radius 3 is 2.67 bits per heavy atom. The van der Waals surface area contributed by atoms with Crippen molar-refractivity contribution in [2.45, 2.75) is 50.5 Å². The summed E-state index contributed by atoms with van der Waals surface area (Å²) >= 11 is 0. The summed E-state index contributed by atoms with van der Waals surface area (Å²) in [6.45, 7) is 4.90. The molecule has 1 aromatic carbocycles. The number of rotatable bonds is 9. The standard InChI is InChI=1S/C31H37N3O2/c1-2-22(26-10-6-7-11-29(26)36-25-8-4-3-5-9-25)18-27-28(20-33-30(27)32)23-14-16-24(17-15-23)31(35)34-19-21-12-13-21/h2-4,6-7,10-11,14-18,20-21,25-27,29-30,33H,1,5,8-9,12-13,19,32H2,(H,34,35)/b22-18+. The molecule has 1 saturated carbocycles. The minimum atomic E-state index is -0.234. The van der Waals surface area contributed by atoms with Crippen LogP contribution in [-0.2, 0) is 4.74 Å². The SMILES string of the molecule is C=C/C(=C\C1C(c2ccc(C(=O)NCC3CC3)cc2)=CNC1N)C1C=CC=CC1OC1CC=CCC1. The highest BCUT2D eigenvalue weighted by Gasteiger charge is 2.30. The molecule has 1 fully saturated rings. The van der Waals surface area contributed by atoms with Gasteiger partial charge >= 0.3 is 0 Å². The van der Waals surface area contributed by atoms with Crippen LogP contribution in [0.3, 0.4) is 0 Å². The average Bonchev–Trinajstić information content (AvgIpc) is 3.68. The van der Waals surface area contributed by atoms with Gasteiger partial charge in [-0.25, -0.2) is 0 Å². The van der Waals surface area contributed by atoms with Crippen LogP contribution in [0.5, 0.6) is 0 Å². The lowest BCUT2D eigenvalue weighted by atomic mass is 9.84. The largest absolute Gasteiger partial charge is 0.375 e. The van der Waals surface area contributed by atoms with E-state index in [9.17, 15) is 4.79 Å². The molecular formula is C31H37N3O2. The molecular weight excluding hydrogens is 446 g/mol. The third kappa shape index (κ3) is 5.80. The van der Waals surface area contributed by atoms with Gasteiger partial charge in [-0.3, -0.25) is 4.79 Å². The van der Waals surface area contributed by atoms with E-state index in [0.717, 1.165) is 42.5 Å². The second-order valence-corrected chi connectivity index (χ2v) is 10.2. The minimum Gasteiger partial charge on any atom is -0.375 e. The maximum atomic E-state index is 12.5. The summed E-state index contributed by atoms with van der Waals surface area (Å²) < 4.78 is 6.53. The first-order valence-corrected chi connectivity index (χ1v) is 13.2. The fourth-order valence-corrected chi connectivity index (χ4v) is 5.18. The number of nitrogens with one attached hydrogen (secondary N) is 2. The van der Waals surface area contributed by atoms with Gasteiger partial charge in [-0.15, -0.1) is 0 Å². The molecule has 188 valence electrons. The molecule has 36 heavy (non-hydrogen) atoms. The van der Waals surface area contributed by atoms with E-state index in [1.807, 2.05) is 36.5 Å². The van der Waals surface area contributed by atoms with Crippen LogP contribution in [0.1, 0.15) is 48.0 Å². The number of ether oxygens (including phenoxy) is 1. The lowest BCUT2D eigenvalue weighted by molar-refractivity contribution is -0.00467. The lowest BCUT2D eigenvalue weighted by Crippen LogP contribution is -2.36. The Morgan fingerprint density at radius 1 is 1.14 bits per heavy atom. The van der Waals surface area contributed by atoms with Crippen LogP contribution in [-0.4, -0.2) is 30.8 Å². The van der Waals surface area contributed by atoms with Crippen molar-refractivity contribution in [3.8, 4) is 0 Å². The third-order valence-corrected chi connectivity index (χ3v) is 7.55. The third-order valence-electron chi connectivity index (χ3n) is 7.55. The summed E-state index contributed by atoms with van der Waals surface area (Å²) in [6.07, 6.45) is 24.6. The first-order chi connectivity index (χ1) is 17.6. The van der Waals surface area contributed by atoms with Crippen molar-refractivity contribution < 1.29 is 9.53 Å². The van der Waals surface area contributed by atoms with Gasteiger partial charge < -0.3 is 21.1 Å². The maximum absolute atomic E-state index is 12.5. The number of benzene rings is 1. The van der Waals surface area contributed by atoms with E-state index in [1.54, 1.807) is 0 Å². The van der Waals surface area contributed by atoms with E-state index < -0.39 is 0 Å². The average molecular weight is 484 g/mol. The molecule has 0 aromatic heterocycles. The van der Waals surface area contributed by atoms with Crippen LogP contribution < -0.4 is 16.4 Å². The molecule has 1 amide bonds. The lowest BCUT2D eigenvalue weighted by Gasteiger charge is -2.31. The van der Waals surface area contributed by atoms with Gasteiger partial charge in [0.1, 0.15) is 0 Å². The summed E-state index contributed by atoms with van der Waals surface area (Å²) in [5, 5.41) is 6.33. The number of allylic oxidation sites excluding steroid dienone is 4. The smallest absolute Gasteiger partial charge is 0.251 e. The second kappa shape index (κ2) is 11.3. The number of hydrogen-bond donors (Lipinski definition) is 3. The van der Waals surface area contributed by atoms with Crippen LogP contribution in [0.25, 0.3) is 5.57 Å². The van der Waals surface area contributed by atoms with Gasteiger partial charge in [0.05, 0.1) is 18.4 Å². The van der Waals surface area contributed by atoms with Gasteiger partial charge in [-0.1, -0.05) is 67.3 Å². The predicted octanol–water partition coefficient (Wildman–Crippen LogP) is 5.02. The van der Waals surface area contributed by atoms with Crippen LogP contribution in [0, 0.1) is 17.8 Å². The minimum absolute atomic E-state index is 0.00861. The summed E-state index contributed by atoms with van der Waals surface area (Å²) in [6, 6.07) is 7.82. The van der Waals surface area contributed by atoms with Crippen LogP contribution in [0.2, 0.25) is 0 Å². The number of amides is 1. The zero-order valence-electron chi connectivity index (χ0n) is 20.8. The monoisotopic (exact) mass is 483 g/mol. The zero-order valence-corrected chi connectivity index (χ0v) is 20.8. The molecule has 3 aliphatic carbocycles. The van der Waals surface area contributed by atoms with Crippen molar-refractivity contribution in [3.05, 3.63) is 102 Å². The number of carbonyl (C=O) groups is 1. The van der Waals surface area contributed by atoms with Crippen molar-refractivity contribution in [1.82, 2.24) is 10.6 Å². The van der Waals surface area contributed by atoms with E-state index in [0.29, 0.717) is 11.5 Å². The number of nitrogens with two attached hydrogens (primary N) is 1. The summed E-state index contributed by atoms with van der Waals surface area (Å²) in [5.74, 6) is 0.718. The molecule has 0 radical (unpaired) electrons. The number of carbonyl (C=O) groups excluding carboxylic acids is 1. The van der Waals surface area contributed by atoms with Gasteiger partial charge in [0.2, 0.25) is 0 Å². The fourth-order valence-electron chi connectivity index (χ4n) is 5.18. The van der Waals surface area contributed by atoms with Gasteiger partial charge in [-0.2, -0.15) is 0 Å². The molecule has 1 aliphatic heterocycles. The molecule has 5 atom stereocenters. The zero-order chi connectivity index (χ0) is 24.9. The predicted molar refractivity (Wildman–Crippen MR) is 146 cm³/mol. The summed E-state index contributed by atoms with van der Waals surface area (Å²) in [5.41, 5.74) is 10.5. The first kappa shape index (κ1) is 24.5. The highest BCUT2D eigenvalue weighted by molar-refractivity contribution is 5.94. The van der Waals surface area contributed by atoms with E-state index in [1.165, 1.54) is 12.8 Å². The summed E-state index contributed by atoms with van der Waals surface area (Å²) in [4.78, 5) is 12.5. The molecule has 5 unspecified atom stereocenters. The Morgan fingerprint density at radius 2 is 1.94 bits per heavy atom. The van der Waals surface area contributed by atoms with Crippen LogP contribution in [0.4, 0.5) is 0 Å². The molecule has 4 aliphatic rings. The Labute approximate surface area is 214 Å². The fraction of sp³-hybridized carbons (Fsp3) is 0.387. The van der Waals surface area contributed by atoms with Crippen molar-refractivity contribution in [3.63, 3.8) is 0 Å². The molecule has 0 saturated heterocycles. The normalized spacial score (nSPS) is 29.5. The van der Waals surface area contributed by atoms with Crippen LogP contribution in [0.15, 0.2) is 91.2 Å². The Hall–Kier alpha value is -3.15. The summed E-state index contributed by atoms with van der Waals surface area (Å²) in [7, 11) is 0.